The fourth-order valence-corrected chi connectivity index (χ4v) is 3.26. The molecule has 1 aromatic carbocycles. The van der Waals surface area contributed by atoms with Crippen molar-refractivity contribution >= 4 is 22.0 Å². The van der Waals surface area contributed by atoms with Gasteiger partial charge in [-0.15, -0.1) is 0 Å². The highest BCUT2D eigenvalue weighted by atomic mass is 32.2. The fourth-order valence-electron chi connectivity index (χ4n) is 1.77. The van der Waals surface area contributed by atoms with Gasteiger partial charge in [0.15, 0.2) is 0 Å². The van der Waals surface area contributed by atoms with Gasteiger partial charge in [-0.05, 0) is 24.6 Å². The van der Waals surface area contributed by atoms with Gasteiger partial charge in [-0.3, -0.25) is 4.79 Å². The number of carbonyl (C=O) groups excluding carboxylic acids is 1. The Morgan fingerprint density at radius 2 is 2.00 bits per heavy atom. The minimum atomic E-state index is -4.17. The summed E-state index contributed by atoms with van der Waals surface area (Å²) in [5, 5.41) is 8.78. The third kappa shape index (κ3) is 4.01. The minimum absolute atomic E-state index is 0.0188. The molecule has 0 saturated carbocycles. The minimum Gasteiger partial charge on any atom is -0.480 e. The smallest absolute Gasteiger partial charge is 0.340 e. The van der Waals surface area contributed by atoms with E-state index < -0.39 is 44.8 Å². The fraction of sp³-hybridized carbons (Fsp3) is 0.385. The summed E-state index contributed by atoms with van der Waals surface area (Å²) < 4.78 is 43.6. The standard InChI is InChI=1S/C13H16FNO6S/c1-3-6-15(8-12(16)17)22(19,20)9-4-5-10(11(14)7-9)13(18)21-2/h4-5,7H,3,6,8H2,1-2H3,(H,16,17). The van der Waals surface area contributed by atoms with Gasteiger partial charge in [0.1, 0.15) is 12.4 Å². The summed E-state index contributed by atoms with van der Waals surface area (Å²) in [7, 11) is -3.10. The molecule has 0 aliphatic carbocycles. The van der Waals surface area contributed by atoms with Crippen LogP contribution in [0.25, 0.3) is 0 Å². The number of nitrogens with zero attached hydrogens (tertiary/aromatic N) is 1. The molecule has 0 radical (unpaired) electrons. The van der Waals surface area contributed by atoms with Crippen LogP contribution in [-0.2, 0) is 19.6 Å². The summed E-state index contributed by atoms with van der Waals surface area (Å²) in [5.74, 6) is -3.30. The Kier molecular flexibility index (Phi) is 6.01. The lowest BCUT2D eigenvalue weighted by Gasteiger charge is -2.19. The largest absolute Gasteiger partial charge is 0.480 e. The second kappa shape index (κ2) is 7.32. The summed E-state index contributed by atoms with van der Waals surface area (Å²) in [6.45, 7) is 0.941. The molecule has 22 heavy (non-hydrogen) atoms. The summed E-state index contributed by atoms with van der Waals surface area (Å²) in [5.41, 5.74) is -0.401. The molecule has 0 fully saturated rings. The molecule has 1 rings (SSSR count). The van der Waals surface area contributed by atoms with Gasteiger partial charge in [0.2, 0.25) is 10.0 Å². The van der Waals surface area contributed by atoms with Gasteiger partial charge >= 0.3 is 11.9 Å². The number of halogens is 1. The number of esters is 1. The van der Waals surface area contributed by atoms with Crippen LogP contribution in [0.3, 0.4) is 0 Å². The van der Waals surface area contributed by atoms with Crippen molar-refractivity contribution in [2.75, 3.05) is 20.2 Å². The number of ether oxygens (including phenoxy) is 1. The van der Waals surface area contributed by atoms with Crippen LogP contribution < -0.4 is 0 Å². The maximum Gasteiger partial charge on any atom is 0.340 e. The summed E-state index contributed by atoms with van der Waals surface area (Å²) >= 11 is 0. The van der Waals surface area contributed by atoms with E-state index in [1.54, 1.807) is 6.92 Å². The van der Waals surface area contributed by atoms with E-state index in [0.717, 1.165) is 23.5 Å². The number of methoxy groups -OCH3 is 1. The predicted octanol–water partition coefficient (Wildman–Crippen LogP) is 1.10. The third-order valence-electron chi connectivity index (χ3n) is 2.77. The lowest BCUT2D eigenvalue weighted by molar-refractivity contribution is -0.137. The van der Waals surface area contributed by atoms with Gasteiger partial charge in [-0.1, -0.05) is 6.92 Å². The zero-order chi connectivity index (χ0) is 16.9. The Morgan fingerprint density at radius 3 is 2.45 bits per heavy atom. The molecular weight excluding hydrogens is 317 g/mol. The molecule has 0 heterocycles. The number of rotatable bonds is 7. The molecule has 1 aromatic rings. The summed E-state index contributed by atoms with van der Waals surface area (Å²) in [6.07, 6.45) is 0.398. The monoisotopic (exact) mass is 333 g/mol. The van der Waals surface area contributed by atoms with E-state index in [-0.39, 0.29) is 6.54 Å². The van der Waals surface area contributed by atoms with Crippen molar-refractivity contribution in [1.29, 1.82) is 0 Å². The van der Waals surface area contributed by atoms with Gasteiger partial charge in [-0.2, -0.15) is 4.31 Å². The maximum absolute atomic E-state index is 13.8. The summed E-state index contributed by atoms with van der Waals surface area (Å²) in [4.78, 5) is 21.6. The Hall–Kier alpha value is -2.00. The molecule has 0 unspecified atom stereocenters. The van der Waals surface area contributed by atoms with Crippen molar-refractivity contribution in [3.8, 4) is 0 Å². The second-order valence-corrected chi connectivity index (χ2v) is 6.30. The van der Waals surface area contributed by atoms with E-state index in [4.69, 9.17) is 5.11 Å². The average Bonchev–Trinajstić information content (AvgIpc) is 2.45. The molecule has 0 amide bonds. The number of sulfonamides is 1. The highest BCUT2D eigenvalue weighted by Crippen LogP contribution is 2.20. The molecule has 7 nitrogen and oxygen atoms in total. The molecule has 0 aliphatic rings. The van der Waals surface area contributed by atoms with Gasteiger partial charge in [0.25, 0.3) is 0 Å². The summed E-state index contributed by atoms with van der Waals surface area (Å²) in [6, 6.07) is 2.69. The van der Waals surface area contributed by atoms with Gasteiger partial charge in [0, 0.05) is 6.54 Å². The Balaban J connectivity index is 3.24. The van der Waals surface area contributed by atoms with Crippen molar-refractivity contribution in [2.24, 2.45) is 0 Å². The zero-order valence-corrected chi connectivity index (χ0v) is 12.9. The van der Waals surface area contributed by atoms with E-state index in [9.17, 15) is 22.4 Å². The van der Waals surface area contributed by atoms with E-state index in [0.29, 0.717) is 12.5 Å². The van der Waals surface area contributed by atoms with Gasteiger partial charge in [-0.25, -0.2) is 17.6 Å². The Bertz CT molecular complexity index is 673. The molecule has 0 atom stereocenters. The van der Waals surface area contributed by atoms with Crippen molar-refractivity contribution in [3.63, 3.8) is 0 Å². The van der Waals surface area contributed by atoms with Crippen molar-refractivity contribution < 1.29 is 32.2 Å². The number of benzene rings is 1. The third-order valence-corrected chi connectivity index (χ3v) is 4.61. The first-order chi connectivity index (χ1) is 10.2. The van der Waals surface area contributed by atoms with Crippen LogP contribution >= 0.6 is 0 Å². The van der Waals surface area contributed by atoms with Crippen LogP contribution in [0, 0.1) is 5.82 Å². The second-order valence-electron chi connectivity index (χ2n) is 4.37. The van der Waals surface area contributed by atoms with Crippen molar-refractivity contribution in [2.45, 2.75) is 18.2 Å². The normalized spacial score (nSPS) is 11.5. The van der Waals surface area contributed by atoms with Gasteiger partial charge in [0.05, 0.1) is 17.6 Å². The topological polar surface area (TPSA) is 101 Å². The Labute approximate surface area is 127 Å². The highest BCUT2D eigenvalue weighted by molar-refractivity contribution is 7.89. The van der Waals surface area contributed by atoms with Crippen LogP contribution in [0.2, 0.25) is 0 Å². The molecule has 9 heteroatoms. The van der Waals surface area contributed by atoms with Crippen LogP contribution in [-0.4, -0.2) is 50.0 Å². The average molecular weight is 333 g/mol. The first-order valence-corrected chi connectivity index (χ1v) is 7.77. The molecule has 0 aromatic heterocycles. The quantitative estimate of drug-likeness (QED) is 0.750. The molecule has 0 saturated heterocycles. The predicted molar refractivity (Wildman–Crippen MR) is 74.4 cm³/mol. The van der Waals surface area contributed by atoms with Crippen LogP contribution in [0.15, 0.2) is 23.1 Å². The number of hydrogen-bond donors (Lipinski definition) is 1. The number of hydrogen-bond acceptors (Lipinski definition) is 5. The SMILES string of the molecule is CCCN(CC(=O)O)S(=O)(=O)c1ccc(C(=O)OC)c(F)c1. The van der Waals surface area contributed by atoms with E-state index in [1.807, 2.05) is 0 Å². The number of carbonyl (C=O) groups is 2. The lowest BCUT2D eigenvalue weighted by atomic mass is 10.2. The van der Waals surface area contributed by atoms with Crippen LogP contribution in [0.5, 0.6) is 0 Å². The number of carboxylic acids is 1. The zero-order valence-electron chi connectivity index (χ0n) is 12.1. The molecule has 122 valence electrons. The van der Waals surface area contributed by atoms with Crippen LogP contribution in [0.4, 0.5) is 4.39 Å². The van der Waals surface area contributed by atoms with Crippen LogP contribution in [0.1, 0.15) is 23.7 Å². The lowest BCUT2D eigenvalue weighted by Crippen LogP contribution is -2.36. The molecule has 0 bridgehead atoms. The van der Waals surface area contributed by atoms with Gasteiger partial charge < -0.3 is 9.84 Å². The Morgan fingerprint density at radius 1 is 1.36 bits per heavy atom. The number of carboxylic acid groups (broad SMARTS) is 1. The molecule has 1 N–H and O–H groups in total. The van der Waals surface area contributed by atoms with E-state index in [2.05, 4.69) is 4.74 Å². The molecule has 0 spiro atoms. The first kappa shape index (κ1) is 18.1. The first-order valence-electron chi connectivity index (χ1n) is 6.33. The van der Waals surface area contributed by atoms with Crippen molar-refractivity contribution in [1.82, 2.24) is 4.31 Å². The van der Waals surface area contributed by atoms with Crippen molar-refractivity contribution in [3.05, 3.63) is 29.6 Å². The molecule has 0 aliphatic heterocycles. The van der Waals surface area contributed by atoms with E-state index >= 15 is 0 Å². The molecular formula is C13H16FNO6S. The maximum atomic E-state index is 13.8. The highest BCUT2D eigenvalue weighted by Gasteiger charge is 2.27. The van der Waals surface area contributed by atoms with E-state index in [1.165, 1.54) is 0 Å². The number of aliphatic carboxylic acids is 1.